The standard InChI is InChI=1S/C20H23F3N2O4/c1-12(17(26)24-16-6-7-16)29-19(28)14-8-10-25(11-9-14)18(27)13-2-4-15(5-3-13)20(21,22)23/h2-5,12,14,16H,6-11H2,1H3,(H,24,26). The second-order valence-electron chi connectivity index (χ2n) is 7.50. The first-order valence-electron chi connectivity index (χ1n) is 9.62. The number of alkyl halides is 3. The highest BCUT2D eigenvalue weighted by Gasteiger charge is 2.33. The van der Waals surface area contributed by atoms with Gasteiger partial charge in [0, 0.05) is 24.7 Å². The Hall–Kier alpha value is -2.58. The summed E-state index contributed by atoms with van der Waals surface area (Å²) in [6.45, 7) is 2.11. The summed E-state index contributed by atoms with van der Waals surface area (Å²) in [5.41, 5.74) is -0.639. The van der Waals surface area contributed by atoms with Gasteiger partial charge in [-0.05, 0) is 56.9 Å². The smallest absolute Gasteiger partial charge is 0.416 e. The zero-order valence-electron chi connectivity index (χ0n) is 16.0. The topological polar surface area (TPSA) is 75.7 Å². The fourth-order valence-corrected chi connectivity index (χ4v) is 3.17. The fraction of sp³-hybridized carbons (Fsp3) is 0.550. The molecule has 1 unspecified atom stereocenters. The van der Waals surface area contributed by atoms with E-state index < -0.39 is 29.7 Å². The van der Waals surface area contributed by atoms with Gasteiger partial charge < -0.3 is 15.0 Å². The molecular weight excluding hydrogens is 389 g/mol. The van der Waals surface area contributed by atoms with Crippen molar-refractivity contribution in [3.8, 4) is 0 Å². The van der Waals surface area contributed by atoms with E-state index in [0.29, 0.717) is 25.9 Å². The number of nitrogens with zero attached hydrogens (tertiary/aromatic N) is 1. The van der Waals surface area contributed by atoms with Crippen molar-refractivity contribution in [3.63, 3.8) is 0 Å². The number of carbonyl (C=O) groups excluding carboxylic acids is 3. The second-order valence-corrected chi connectivity index (χ2v) is 7.50. The van der Waals surface area contributed by atoms with Gasteiger partial charge in [-0.1, -0.05) is 0 Å². The van der Waals surface area contributed by atoms with E-state index in [-0.39, 0.29) is 23.4 Å². The van der Waals surface area contributed by atoms with Gasteiger partial charge in [0.05, 0.1) is 11.5 Å². The first kappa shape index (κ1) is 21.1. The van der Waals surface area contributed by atoms with E-state index in [1.807, 2.05) is 0 Å². The van der Waals surface area contributed by atoms with E-state index in [9.17, 15) is 27.6 Å². The molecule has 2 amide bonds. The third-order valence-electron chi connectivity index (χ3n) is 5.16. The molecule has 29 heavy (non-hydrogen) atoms. The number of hydrogen-bond donors (Lipinski definition) is 1. The van der Waals surface area contributed by atoms with E-state index >= 15 is 0 Å². The van der Waals surface area contributed by atoms with Crippen molar-refractivity contribution in [3.05, 3.63) is 35.4 Å². The van der Waals surface area contributed by atoms with Crippen LogP contribution < -0.4 is 5.32 Å². The molecule has 158 valence electrons. The summed E-state index contributed by atoms with van der Waals surface area (Å²) in [6, 6.07) is 4.26. The lowest BCUT2D eigenvalue weighted by molar-refractivity contribution is -0.160. The number of halogens is 3. The van der Waals surface area contributed by atoms with Crippen LogP contribution in [0.4, 0.5) is 13.2 Å². The normalized spacial score (nSPS) is 18.8. The fourth-order valence-electron chi connectivity index (χ4n) is 3.17. The number of carbonyl (C=O) groups is 3. The SMILES string of the molecule is CC(OC(=O)C1CCN(C(=O)c2ccc(C(F)(F)F)cc2)CC1)C(=O)NC1CC1. The summed E-state index contributed by atoms with van der Waals surface area (Å²) in [6.07, 6.45) is -2.68. The maximum absolute atomic E-state index is 12.6. The summed E-state index contributed by atoms with van der Waals surface area (Å²) < 4.78 is 43.2. The van der Waals surface area contributed by atoms with Crippen LogP contribution in [0.15, 0.2) is 24.3 Å². The third kappa shape index (κ3) is 5.48. The van der Waals surface area contributed by atoms with Crippen LogP contribution in [0.3, 0.4) is 0 Å². The van der Waals surface area contributed by atoms with Gasteiger partial charge in [0.25, 0.3) is 11.8 Å². The Labute approximate surface area is 166 Å². The molecule has 1 aromatic rings. The largest absolute Gasteiger partial charge is 0.452 e. The molecule has 0 bridgehead atoms. The van der Waals surface area contributed by atoms with Gasteiger partial charge in [-0.3, -0.25) is 14.4 Å². The molecule has 0 spiro atoms. The van der Waals surface area contributed by atoms with Crippen LogP contribution in [0.1, 0.15) is 48.5 Å². The monoisotopic (exact) mass is 412 g/mol. The molecule has 1 aliphatic carbocycles. The molecule has 3 rings (SSSR count). The maximum atomic E-state index is 12.6. The number of piperidine rings is 1. The third-order valence-corrected chi connectivity index (χ3v) is 5.16. The lowest BCUT2D eigenvalue weighted by Gasteiger charge is -2.31. The van der Waals surface area contributed by atoms with Gasteiger partial charge in [-0.15, -0.1) is 0 Å². The average Bonchev–Trinajstić information content (AvgIpc) is 3.51. The molecule has 2 fully saturated rings. The van der Waals surface area contributed by atoms with Gasteiger partial charge in [-0.2, -0.15) is 13.2 Å². The number of likely N-dealkylation sites (tertiary alicyclic amines) is 1. The second kappa shape index (κ2) is 8.42. The Morgan fingerprint density at radius 1 is 1.07 bits per heavy atom. The van der Waals surface area contributed by atoms with Crippen LogP contribution in [0.2, 0.25) is 0 Å². The number of hydrogen-bond acceptors (Lipinski definition) is 4. The van der Waals surface area contributed by atoms with Gasteiger partial charge in [0.1, 0.15) is 0 Å². The summed E-state index contributed by atoms with van der Waals surface area (Å²) in [4.78, 5) is 38.2. The average molecular weight is 412 g/mol. The molecule has 6 nitrogen and oxygen atoms in total. The van der Waals surface area contributed by atoms with E-state index in [0.717, 1.165) is 37.1 Å². The van der Waals surface area contributed by atoms with Crippen molar-refractivity contribution < 1.29 is 32.3 Å². The number of ether oxygens (including phenoxy) is 1. The number of amides is 2. The molecule has 1 atom stereocenters. The van der Waals surface area contributed by atoms with Crippen LogP contribution in [0, 0.1) is 5.92 Å². The molecule has 9 heteroatoms. The lowest BCUT2D eigenvalue weighted by Crippen LogP contribution is -2.42. The van der Waals surface area contributed by atoms with Gasteiger partial charge >= 0.3 is 12.1 Å². The summed E-state index contributed by atoms with van der Waals surface area (Å²) >= 11 is 0. The highest BCUT2D eigenvalue weighted by molar-refractivity contribution is 5.94. The molecule has 1 aromatic carbocycles. The Kier molecular flexibility index (Phi) is 6.14. The number of nitrogens with one attached hydrogen (secondary N) is 1. The highest BCUT2D eigenvalue weighted by Crippen LogP contribution is 2.29. The summed E-state index contributed by atoms with van der Waals surface area (Å²) in [5, 5.41) is 2.78. The molecule has 1 saturated heterocycles. The van der Waals surface area contributed by atoms with Gasteiger partial charge in [0.2, 0.25) is 0 Å². The Bertz CT molecular complexity index is 767. The van der Waals surface area contributed by atoms with Crippen molar-refractivity contribution in [2.45, 2.75) is 50.9 Å². The van der Waals surface area contributed by atoms with Crippen LogP contribution in [0.5, 0.6) is 0 Å². The minimum absolute atomic E-state index is 0.171. The molecule has 1 saturated carbocycles. The molecular formula is C20H23F3N2O4. The van der Waals surface area contributed by atoms with Crippen molar-refractivity contribution in [2.75, 3.05) is 13.1 Å². The molecule has 0 radical (unpaired) electrons. The van der Waals surface area contributed by atoms with E-state index in [2.05, 4.69) is 5.32 Å². The van der Waals surface area contributed by atoms with Crippen molar-refractivity contribution in [2.24, 2.45) is 5.92 Å². The molecule has 2 aliphatic rings. The summed E-state index contributed by atoms with van der Waals surface area (Å²) in [5.74, 6) is -1.56. The first-order valence-corrected chi connectivity index (χ1v) is 9.62. The van der Waals surface area contributed by atoms with Crippen LogP contribution >= 0.6 is 0 Å². The first-order chi connectivity index (χ1) is 13.6. The minimum Gasteiger partial charge on any atom is -0.452 e. The predicted octanol–water partition coefficient (Wildman–Crippen LogP) is 2.77. The molecule has 0 aromatic heterocycles. The maximum Gasteiger partial charge on any atom is 0.416 e. The van der Waals surface area contributed by atoms with Gasteiger partial charge in [0.15, 0.2) is 6.10 Å². The van der Waals surface area contributed by atoms with Crippen molar-refractivity contribution >= 4 is 17.8 Å². The highest BCUT2D eigenvalue weighted by atomic mass is 19.4. The Morgan fingerprint density at radius 3 is 2.17 bits per heavy atom. The van der Waals surface area contributed by atoms with E-state index in [1.165, 1.54) is 11.8 Å². The molecule has 1 N–H and O–H groups in total. The quantitative estimate of drug-likeness (QED) is 0.755. The number of esters is 1. The zero-order valence-corrected chi connectivity index (χ0v) is 16.0. The van der Waals surface area contributed by atoms with Crippen LogP contribution in [-0.4, -0.2) is 47.9 Å². The Balaban J connectivity index is 1.48. The van der Waals surface area contributed by atoms with Crippen molar-refractivity contribution in [1.29, 1.82) is 0 Å². The van der Waals surface area contributed by atoms with Crippen LogP contribution in [-0.2, 0) is 20.5 Å². The molecule has 1 aliphatic heterocycles. The van der Waals surface area contributed by atoms with E-state index in [1.54, 1.807) is 0 Å². The van der Waals surface area contributed by atoms with Crippen LogP contribution in [0.25, 0.3) is 0 Å². The minimum atomic E-state index is -4.45. The van der Waals surface area contributed by atoms with E-state index in [4.69, 9.17) is 4.74 Å². The lowest BCUT2D eigenvalue weighted by atomic mass is 9.96. The van der Waals surface area contributed by atoms with Gasteiger partial charge in [-0.25, -0.2) is 0 Å². The summed E-state index contributed by atoms with van der Waals surface area (Å²) in [7, 11) is 0. The van der Waals surface area contributed by atoms with Crippen molar-refractivity contribution in [1.82, 2.24) is 10.2 Å². The zero-order chi connectivity index (χ0) is 21.2. The number of rotatable bonds is 5. The number of benzene rings is 1. The molecule has 1 heterocycles. The predicted molar refractivity (Wildman–Crippen MR) is 96.8 cm³/mol. The Morgan fingerprint density at radius 2 is 1.66 bits per heavy atom.